The van der Waals surface area contributed by atoms with Gasteiger partial charge in [0, 0.05) is 24.8 Å². The fraction of sp³-hybridized carbons (Fsp3) is 0.571. The summed E-state index contributed by atoms with van der Waals surface area (Å²) in [5, 5.41) is 8.94. The van der Waals surface area contributed by atoms with Crippen LogP contribution in [0.1, 0.15) is 19.8 Å². The van der Waals surface area contributed by atoms with E-state index in [1.54, 1.807) is 0 Å². The predicted molar refractivity (Wildman–Crippen MR) is 74.8 cm³/mol. The van der Waals surface area contributed by atoms with Crippen LogP contribution in [0.25, 0.3) is 0 Å². The molecule has 0 heterocycles. The van der Waals surface area contributed by atoms with Crippen molar-refractivity contribution in [3.63, 3.8) is 0 Å². The predicted octanol–water partition coefficient (Wildman–Crippen LogP) is 1.74. The van der Waals surface area contributed by atoms with E-state index < -0.39 is 0 Å². The highest BCUT2D eigenvalue weighted by atomic mass is 16.5. The van der Waals surface area contributed by atoms with Crippen molar-refractivity contribution in [1.82, 2.24) is 4.90 Å². The molecule has 1 aromatic rings. The maximum absolute atomic E-state index is 8.94. The van der Waals surface area contributed by atoms with E-state index in [4.69, 9.17) is 15.6 Å². The van der Waals surface area contributed by atoms with Gasteiger partial charge in [0.2, 0.25) is 0 Å². The maximum atomic E-state index is 8.94. The summed E-state index contributed by atoms with van der Waals surface area (Å²) in [5.41, 5.74) is 6.40. The van der Waals surface area contributed by atoms with Crippen LogP contribution in [0.3, 0.4) is 0 Å². The average molecular weight is 252 g/mol. The highest BCUT2D eigenvalue weighted by Gasteiger charge is 2.02. The Morgan fingerprint density at radius 3 is 2.78 bits per heavy atom. The Balaban J connectivity index is 2.20. The zero-order valence-corrected chi connectivity index (χ0v) is 11.1. The number of nitrogen functional groups attached to an aromatic ring is 1. The first-order valence-electron chi connectivity index (χ1n) is 6.57. The lowest BCUT2D eigenvalue weighted by Gasteiger charge is -2.20. The third-order valence-electron chi connectivity index (χ3n) is 2.70. The standard InChI is InChI=1S/C14H24N2O2/c1-2-7-16(9-10-17)8-4-11-18-14-6-3-5-13(15)12-14/h3,5-6,12,17H,2,4,7-11,15H2,1H3. The van der Waals surface area contributed by atoms with Gasteiger partial charge in [-0.15, -0.1) is 0 Å². The molecular weight excluding hydrogens is 228 g/mol. The number of benzene rings is 1. The lowest BCUT2D eigenvalue weighted by Crippen LogP contribution is -2.29. The highest BCUT2D eigenvalue weighted by molar-refractivity contribution is 5.43. The molecule has 0 atom stereocenters. The van der Waals surface area contributed by atoms with Gasteiger partial charge in [0.1, 0.15) is 5.75 Å². The molecule has 0 fully saturated rings. The third-order valence-corrected chi connectivity index (χ3v) is 2.70. The second kappa shape index (κ2) is 8.78. The molecule has 4 nitrogen and oxygen atoms in total. The summed E-state index contributed by atoms with van der Waals surface area (Å²) in [7, 11) is 0. The molecule has 1 rings (SSSR count). The first-order valence-corrected chi connectivity index (χ1v) is 6.57. The van der Waals surface area contributed by atoms with Crippen LogP contribution in [0.5, 0.6) is 5.75 Å². The number of nitrogens with two attached hydrogens (primary N) is 1. The summed E-state index contributed by atoms with van der Waals surface area (Å²) in [4.78, 5) is 2.25. The number of rotatable bonds is 9. The summed E-state index contributed by atoms with van der Waals surface area (Å²) in [6.07, 6.45) is 2.06. The smallest absolute Gasteiger partial charge is 0.121 e. The van der Waals surface area contributed by atoms with Gasteiger partial charge in [-0.2, -0.15) is 0 Å². The van der Waals surface area contributed by atoms with Gasteiger partial charge in [-0.3, -0.25) is 0 Å². The van der Waals surface area contributed by atoms with Gasteiger partial charge in [0.25, 0.3) is 0 Å². The molecule has 0 radical (unpaired) electrons. The van der Waals surface area contributed by atoms with E-state index in [0.717, 1.165) is 43.9 Å². The minimum Gasteiger partial charge on any atom is -0.493 e. The number of nitrogens with zero attached hydrogens (tertiary/aromatic N) is 1. The van der Waals surface area contributed by atoms with E-state index in [-0.39, 0.29) is 6.61 Å². The van der Waals surface area contributed by atoms with Crippen molar-refractivity contribution in [3.05, 3.63) is 24.3 Å². The van der Waals surface area contributed by atoms with Gasteiger partial charge >= 0.3 is 0 Å². The molecular formula is C14H24N2O2. The second-order valence-corrected chi connectivity index (χ2v) is 4.34. The monoisotopic (exact) mass is 252 g/mol. The van der Waals surface area contributed by atoms with Crippen molar-refractivity contribution in [2.24, 2.45) is 0 Å². The fourth-order valence-corrected chi connectivity index (χ4v) is 1.88. The molecule has 0 unspecified atom stereocenters. The summed E-state index contributed by atoms with van der Waals surface area (Å²) < 4.78 is 5.62. The molecule has 0 bridgehead atoms. The van der Waals surface area contributed by atoms with E-state index in [0.29, 0.717) is 6.61 Å². The van der Waals surface area contributed by atoms with E-state index >= 15 is 0 Å². The first kappa shape index (κ1) is 14.8. The molecule has 0 spiro atoms. The second-order valence-electron chi connectivity index (χ2n) is 4.34. The van der Waals surface area contributed by atoms with Crippen LogP contribution in [0.4, 0.5) is 5.69 Å². The molecule has 0 saturated heterocycles. The van der Waals surface area contributed by atoms with Crippen LogP contribution >= 0.6 is 0 Å². The fourth-order valence-electron chi connectivity index (χ4n) is 1.88. The summed E-state index contributed by atoms with van der Waals surface area (Å²) in [5.74, 6) is 0.819. The Morgan fingerprint density at radius 1 is 1.28 bits per heavy atom. The first-order chi connectivity index (χ1) is 8.76. The van der Waals surface area contributed by atoms with Crippen LogP contribution in [-0.4, -0.2) is 42.9 Å². The van der Waals surface area contributed by atoms with Crippen LogP contribution in [0.15, 0.2) is 24.3 Å². The Bertz CT molecular complexity index is 325. The normalized spacial score (nSPS) is 10.8. The molecule has 1 aromatic carbocycles. The van der Waals surface area contributed by atoms with Gasteiger partial charge in [-0.25, -0.2) is 0 Å². The molecule has 0 saturated carbocycles. The minimum atomic E-state index is 0.218. The molecule has 0 amide bonds. The molecule has 0 aliphatic heterocycles. The zero-order valence-electron chi connectivity index (χ0n) is 11.1. The number of hydrogen-bond acceptors (Lipinski definition) is 4. The van der Waals surface area contributed by atoms with E-state index in [1.165, 1.54) is 0 Å². The maximum Gasteiger partial charge on any atom is 0.121 e. The van der Waals surface area contributed by atoms with Crippen LogP contribution in [0.2, 0.25) is 0 Å². The highest BCUT2D eigenvalue weighted by Crippen LogP contribution is 2.14. The van der Waals surface area contributed by atoms with Crippen LogP contribution in [-0.2, 0) is 0 Å². The molecule has 4 heteroatoms. The Hall–Kier alpha value is -1.26. The molecule has 0 aliphatic carbocycles. The Kier molecular flexibility index (Phi) is 7.22. The van der Waals surface area contributed by atoms with E-state index in [2.05, 4.69) is 11.8 Å². The summed E-state index contributed by atoms with van der Waals surface area (Å²) in [6, 6.07) is 7.47. The lowest BCUT2D eigenvalue weighted by atomic mass is 10.3. The number of aliphatic hydroxyl groups is 1. The number of hydrogen-bond donors (Lipinski definition) is 2. The Labute approximate surface area is 109 Å². The van der Waals surface area contributed by atoms with E-state index in [9.17, 15) is 0 Å². The van der Waals surface area contributed by atoms with Crippen molar-refractivity contribution in [1.29, 1.82) is 0 Å². The number of anilines is 1. The largest absolute Gasteiger partial charge is 0.493 e. The van der Waals surface area contributed by atoms with E-state index in [1.807, 2.05) is 24.3 Å². The topological polar surface area (TPSA) is 58.7 Å². The molecule has 18 heavy (non-hydrogen) atoms. The average Bonchev–Trinajstić information content (AvgIpc) is 2.35. The Morgan fingerprint density at radius 2 is 2.11 bits per heavy atom. The summed E-state index contributed by atoms with van der Waals surface area (Å²) in [6.45, 7) is 5.76. The van der Waals surface area contributed by atoms with Gasteiger partial charge in [0.05, 0.1) is 13.2 Å². The van der Waals surface area contributed by atoms with Gasteiger partial charge < -0.3 is 20.5 Å². The molecule has 102 valence electrons. The van der Waals surface area contributed by atoms with Gasteiger partial charge in [-0.1, -0.05) is 13.0 Å². The lowest BCUT2D eigenvalue weighted by molar-refractivity contribution is 0.183. The molecule has 0 aliphatic rings. The summed E-state index contributed by atoms with van der Waals surface area (Å²) >= 11 is 0. The number of ether oxygens (including phenoxy) is 1. The third kappa shape index (κ3) is 5.89. The molecule has 0 aromatic heterocycles. The minimum absolute atomic E-state index is 0.218. The van der Waals surface area contributed by atoms with Crippen molar-refractivity contribution in [2.75, 3.05) is 38.6 Å². The van der Waals surface area contributed by atoms with Gasteiger partial charge in [-0.05, 0) is 31.5 Å². The quantitative estimate of drug-likeness (QED) is 0.519. The van der Waals surface area contributed by atoms with Crippen LogP contribution in [0, 0.1) is 0 Å². The molecule has 3 N–H and O–H groups in total. The van der Waals surface area contributed by atoms with Gasteiger partial charge in [0.15, 0.2) is 0 Å². The SMILES string of the molecule is CCCN(CCO)CCCOc1cccc(N)c1. The van der Waals surface area contributed by atoms with Crippen molar-refractivity contribution in [2.45, 2.75) is 19.8 Å². The number of aliphatic hydroxyl groups excluding tert-OH is 1. The van der Waals surface area contributed by atoms with Crippen LogP contribution < -0.4 is 10.5 Å². The van der Waals surface area contributed by atoms with Crippen molar-refractivity contribution in [3.8, 4) is 5.75 Å². The zero-order chi connectivity index (χ0) is 13.2. The van der Waals surface area contributed by atoms with Crippen molar-refractivity contribution < 1.29 is 9.84 Å². The van der Waals surface area contributed by atoms with Crippen molar-refractivity contribution >= 4 is 5.69 Å².